The number of benzene rings is 2. The summed E-state index contributed by atoms with van der Waals surface area (Å²) in [5.74, 6) is 0.173. The molecule has 0 unspecified atom stereocenters. The molecule has 1 saturated heterocycles. The summed E-state index contributed by atoms with van der Waals surface area (Å²) in [6, 6.07) is 13.8. The second kappa shape index (κ2) is 10.7. The van der Waals surface area contributed by atoms with Crippen LogP contribution in [0.4, 0.5) is 0 Å². The summed E-state index contributed by atoms with van der Waals surface area (Å²) in [6.45, 7) is 2.09. The lowest BCUT2D eigenvalue weighted by atomic mass is 10.0. The third-order valence-electron chi connectivity index (χ3n) is 4.85. The quantitative estimate of drug-likeness (QED) is 0.670. The molecule has 1 heterocycles. The van der Waals surface area contributed by atoms with E-state index in [1.165, 1.54) is 0 Å². The Hall–Kier alpha value is -2.28. The van der Waals surface area contributed by atoms with Crippen molar-refractivity contribution in [1.82, 2.24) is 10.6 Å². The lowest BCUT2D eigenvalue weighted by molar-refractivity contribution is -0.138. The van der Waals surface area contributed by atoms with Gasteiger partial charge < -0.3 is 20.1 Å². The highest BCUT2D eigenvalue weighted by Crippen LogP contribution is 2.19. The van der Waals surface area contributed by atoms with Crippen molar-refractivity contribution in [1.29, 1.82) is 0 Å². The van der Waals surface area contributed by atoms with Gasteiger partial charge in [0.25, 0.3) is 5.91 Å². The van der Waals surface area contributed by atoms with E-state index >= 15 is 0 Å². The van der Waals surface area contributed by atoms with Crippen LogP contribution < -0.4 is 15.4 Å². The van der Waals surface area contributed by atoms with Gasteiger partial charge in [-0.25, -0.2) is 0 Å². The number of amides is 2. The Kier molecular flexibility index (Phi) is 7.96. The molecule has 160 valence electrons. The first-order valence-corrected chi connectivity index (χ1v) is 10.5. The van der Waals surface area contributed by atoms with Gasteiger partial charge >= 0.3 is 0 Å². The molecular formula is C22H24Cl2N2O4. The highest BCUT2D eigenvalue weighted by molar-refractivity contribution is 6.30. The average Bonchev–Trinajstić information content (AvgIpc) is 2.74. The van der Waals surface area contributed by atoms with Gasteiger partial charge in [0.1, 0.15) is 11.9 Å². The average molecular weight is 451 g/mol. The molecule has 1 fully saturated rings. The highest BCUT2D eigenvalue weighted by Gasteiger charge is 2.28. The van der Waals surface area contributed by atoms with Crippen LogP contribution in [0.2, 0.25) is 10.0 Å². The van der Waals surface area contributed by atoms with Gasteiger partial charge in [-0.1, -0.05) is 35.3 Å². The monoisotopic (exact) mass is 450 g/mol. The minimum absolute atomic E-state index is 0.0966. The van der Waals surface area contributed by atoms with Crippen LogP contribution in [0.3, 0.4) is 0 Å². The minimum atomic E-state index is -0.529. The van der Waals surface area contributed by atoms with Crippen molar-refractivity contribution in [2.75, 3.05) is 13.2 Å². The van der Waals surface area contributed by atoms with Gasteiger partial charge in [0.05, 0.1) is 18.7 Å². The molecule has 0 saturated carbocycles. The van der Waals surface area contributed by atoms with E-state index in [0.717, 1.165) is 5.56 Å². The van der Waals surface area contributed by atoms with Gasteiger partial charge in [0.2, 0.25) is 5.91 Å². The largest absolute Gasteiger partial charge is 0.484 e. The fourth-order valence-electron chi connectivity index (χ4n) is 3.16. The maximum atomic E-state index is 12.5. The number of ether oxygens (including phenoxy) is 2. The maximum absolute atomic E-state index is 12.5. The fraction of sp³-hybridized carbons (Fsp3) is 0.364. The number of rotatable bonds is 7. The summed E-state index contributed by atoms with van der Waals surface area (Å²) < 4.78 is 11.1. The number of hydrogen-bond donors (Lipinski definition) is 2. The topological polar surface area (TPSA) is 76.7 Å². The molecule has 2 N–H and O–H groups in total. The number of carbonyl (C=O) groups excluding carboxylic acids is 2. The standard InChI is InChI=1S/C22H24Cl2N2O4/c1-14(15-2-4-16(23)5-3-15)25-22(28)20-11-8-18(12-30-20)26-21(27)13-29-19-9-6-17(24)7-10-19/h2-7,9-10,14,18,20H,8,11-13H2,1H3,(H,25,28)(H,26,27)/t14-,18-,20+/m0/s1. The van der Waals surface area contributed by atoms with E-state index in [1.54, 1.807) is 36.4 Å². The van der Waals surface area contributed by atoms with Crippen LogP contribution in [-0.2, 0) is 14.3 Å². The Labute approximate surface area is 185 Å². The van der Waals surface area contributed by atoms with Gasteiger partial charge in [-0.3, -0.25) is 9.59 Å². The summed E-state index contributed by atoms with van der Waals surface area (Å²) in [7, 11) is 0. The second-order valence-electron chi connectivity index (χ2n) is 7.19. The van der Waals surface area contributed by atoms with Crippen molar-refractivity contribution in [2.24, 2.45) is 0 Å². The molecule has 0 radical (unpaired) electrons. The minimum Gasteiger partial charge on any atom is -0.484 e. The van der Waals surface area contributed by atoms with Crippen LogP contribution in [0.1, 0.15) is 31.4 Å². The maximum Gasteiger partial charge on any atom is 0.258 e. The van der Waals surface area contributed by atoms with Crippen LogP contribution in [0, 0.1) is 0 Å². The molecule has 1 aliphatic heterocycles. The van der Waals surface area contributed by atoms with E-state index in [9.17, 15) is 9.59 Å². The number of nitrogens with one attached hydrogen (secondary N) is 2. The Morgan fingerprint density at radius 1 is 1.07 bits per heavy atom. The zero-order valence-electron chi connectivity index (χ0n) is 16.6. The lowest BCUT2D eigenvalue weighted by Gasteiger charge is -2.29. The first-order chi connectivity index (χ1) is 14.4. The summed E-state index contributed by atoms with van der Waals surface area (Å²) in [5.41, 5.74) is 0.967. The molecule has 0 bridgehead atoms. The van der Waals surface area contributed by atoms with Crippen LogP contribution >= 0.6 is 23.2 Å². The second-order valence-corrected chi connectivity index (χ2v) is 8.06. The predicted octanol–water partition coefficient (Wildman–Crippen LogP) is 3.91. The van der Waals surface area contributed by atoms with Crippen LogP contribution in [0.5, 0.6) is 5.75 Å². The third kappa shape index (κ3) is 6.62. The Balaban J connectivity index is 1.38. The molecule has 3 rings (SSSR count). The van der Waals surface area contributed by atoms with E-state index in [-0.39, 0.29) is 37.1 Å². The SMILES string of the molecule is C[C@H](NC(=O)[C@H]1CC[C@H](NC(=O)COc2ccc(Cl)cc2)CO1)c1ccc(Cl)cc1. The predicted molar refractivity (Wildman–Crippen MR) is 116 cm³/mol. The summed E-state index contributed by atoms with van der Waals surface area (Å²) in [4.78, 5) is 24.6. The molecular weight excluding hydrogens is 427 g/mol. The van der Waals surface area contributed by atoms with Crippen molar-refractivity contribution in [3.05, 3.63) is 64.1 Å². The molecule has 8 heteroatoms. The number of halogens is 2. The molecule has 2 amide bonds. The van der Waals surface area contributed by atoms with E-state index in [1.807, 2.05) is 19.1 Å². The normalized spacial score (nSPS) is 19.6. The molecule has 30 heavy (non-hydrogen) atoms. The smallest absolute Gasteiger partial charge is 0.258 e. The van der Waals surface area contributed by atoms with Crippen LogP contribution in [0.15, 0.2) is 48.5 Å². The zero-order valence-corrected chi connectivity index (χ0v) is 18.1. The highest BCUT2D eigenvalue weighted by atomic mass is 35.5. The van der Waals surface area contributed by atoms with Gasteiger partial charge in [-0.05, 0) is 61.7 Å². The molecule has 3 atom stereocenters. The Morgan fingerprint density at radius 2 is 1.70 bits per heavy atom. The van der Waals surface area contributed by atoms with Crippen molar-refractivity contribution < 1.29 is 19.1 Å². The number of hydrogen-bond acceptors (Lipinski definition) is 4. The van der Waals surface area contributed by atoms with Gasteiger partial charge in [0.15, 0.2) is 6.61 Å². The van der Waals surface area contributed by atoms with E-state index in [2.05, 4.69) is 10.6 Å². The van der Waals surface area contributed by atoms with Crippen LogP contribution in [-0.4, -0.2) is 37.2 Å². The van der Waals surface area contributed by atoms with E-state index < -0.39 is 6.10 Å². The summed E-state index contributed by atoms with van der Waals surface area (Å²) in [5, 5.41) is 7.09. The van der Waals surface area contributed by atoms with Crippen molar-refractivity contribution in [3.8, 4) is 5.75 Å². The third-order valence-corrected chi connectivity index (χ3v) is 5.35. The van der Waals surface area contributed by atoms with Gasteiger partial charge in [-0.15, -0.1) is 0 Å². The zero-order chi connectivity index (χ0) is 21.5. The Morgan fingerprint density at radius 3 is 2.30 bits per heavy atom. The van der Waals surface area contributed by atoms with Crippen molar-refractivity contribution >= 4 is 35.0 Å². The van der Waals surface area contributed by atoms with Crippen LogP contribution in [0.25, 0.3) is 0 Å². The van der Waals surface area contributed by atoms with Gasteiger partial charge in [-0.2, -0.15) is 0 Å². The van der Waals surface area contributed by atoms with Crippen molar-refractivity contribution in [3.63, 3.8) is 0 Å². The summed E-state index contributed by atoms with van der Waals surface area (Å²) in [6.07, 6.45) is 0.653. The molecule has 2 aromatic carbocycles. The summed E-state index contributed by atoms with van der Waals surface area (Å²) >= 11 is 11.7. The molecule has 0 aliphatic carbocycles. The first kappa shape index (κ1) is 22.4. The molecule has 6 nitrogen and oxygen atoms in total. The lowest BCUT2D eigenvalue weighted by Crippen LogP contribution is -2.48. The first-order valence-electron chi connectivity index (χ1n) is 9.76. The number of carbonyl (C=O) groups is 2. The molecule has 1 aliphatic rings. The fourth-order valence-corrected chi connectivity index (χ4v) is 3.41. The molecule has 0 aromatic heterocycles. The van der Waals surface area contributed by atoms with Crippen molar-refractivity contribution in [2.45, 2.75) is 38.0 Å². The van der Waals surface area contributed by atoms with E-state index in [4.69, 9.17) is 32.7 Å². The molecule has 0 spiro atoms. The molecule has 2 aromatic rings. The van der Waals surface area contributed by atoms with E-state index in [0.29, 0.717) is 28.6 Å². The Bertz CT molecular complexity index is 850. The van der Waals surface area contributed by atoms with Gasteiger partial charge in [0, 0.05) is 10.0 Å².